The molecule has 3 aromatic rings. The highest BCUT2D eigenvalue weighted by molar-refractivity contribution is 5.89. The highest BCUT2D eigenvalue weighted by Gasteiger charge is 2.06. The van der Waals surface area contributed by atoms with Crippen LogP contribution in [-0.2, 0) is 9.53 Å². The van der Waals surface area contributed by atoms with E-state index in [0.717, 1.165) is 28.0 Å². The molecule has 0 N–H and O–H groups in total. The normalized spacial score (nSPS) is 10.3. The largest absolute Gasteiger partial charge is 0.489 e. The Morgan fingerprint density at radius 1 is 0.923 bits per heavy atom. The van der Waals surface area contributed by atoms with Crippen LogP contribution >= 0.6 is 0 Å². The van der Waals surface area contributed by atoms with Gasteiger partial charge >= 0.3 is 5.97 Å². The van der Waals surface area contributed by atoms with Crippen molar-refractivity contribution in [2.45, 2.75) is 6.92 Å². The fourth-order valence-corrected chi connectivity index (χ4v) is 2.46. The summed E-state index contributed by atoms with van der Waals surface area (Å²) in [4.78, 5) is 11.4. The Labute approximate surface area is 152 Å². The highest BCUT2D eigenvalue weighted by atomic mass is 16.6. The Kier molecular flexibility index (Phi) is 5.54. The molecular formula is C22H20O4. The Morgan fingerprint density at radius 3 is 2.50 bits per heavy atom. The molecule has 0 spiro atoms. The standard InChI is InChI=1S/C22H20O4/c1-16(2)22(23)25-14-13-24-21-10-6-7-17-15-19(11-12-20(17)21)26-18-8-4-3-5-9-18/h3-12,15H,1,13-14H2,2H3. The van der Waals surface area contributed by atoms with E-state index in [1.807, 2.05) is 66.7 Å². The number of carbonyl (C=O) groups is 1. The second kappa shape index (κ2) is 8.21. The Morgan fingerprint density at radius 2 is 1.73 bits per heavy atom. The number of carbonyl (C=O) groups excluding carboxylic acids is 1. The zero-order valence-corrected chi connectivity index (χ0v) is 14.6. The second-order valence-electron chi connectivity index (χ2n) is 5.82. The summed E-state index contributed by atoms with van der Waals surface area (Å²) < 4.78 is 16.7. The number of para-hydroxylation sites is 1. The van der Waals surface area contributed by atoms with Gasteiger partial charge in [-0.2, -0.15) is 0 Å². The Hall–Kier alpha value is -3.27. The topological polar surface area (TPSA) is 44.8 Å². The molecule has 3 rings (SSSR count). The summed E-state index contributed by atoms with van der Waals surface area (Å²) in [6.07, 6.45) is 0. The van der Waals surface area contributed by atoms with Gasteiger partial charge in [0.15, 0.2) is 0 Å². The smallest absolute Gasteiger partial charge is 0.333 e. The van der Waals surface area contributed by atoms with Crippen LogP contribution in [0.4, 0.5) is 0 Å². The summed E-state index contributed by atoms with van der Waals surface area (Å²) >= 11 is 0. The molecule has 0 amide bonds. The zero-order valence-electron chi connectivity index (χ0n) is 14.6. The van der Waals surface area contributed by atoms with Crippen LogP contribution in [0.25, 0.3) is 10.8 Å². The molecule has 4 nitrogen and oxygen atoms in total. The average molecular weight is 348 g/mol. The lowest BCUT2D eigenvalue weighted by atomic mass is 10.1. The van der Waals surface area contributed by atoms with Gasteiger partial charge in [-0.3, -0.25) is 0 Å². The van der Waals surface area contributed by atoms with Crippen molar-refractivity contribution in [1.29, 1.82) is 0 Å². The monoisotopic (exact) mass is 348 g/mol. The van der Waals surface area contributed by atoms with Crippen LogP contribution in [-0.4, -0.2) is 19.2 Å². The van der Waals surface area contributed by atoms with Crippen LogP contribution in [0, 0.1) is 0 Å². The average Bonchev–Trinajstić information content (AvgIpc) is 2.65. The SMILES string of the molecule is C=C(C)C(=O)OCCOc1cccc2cc(Oc3ccccc3)ccc12. The van der Waals surface area contributed by atoms with Gasteiger partial charge in [0.2, 0.25) is 0 Å². The molecule has 0 radical (unpaired) electrons. The fraction of sp³-hybridized carbons (Fsp3) is 0.136. The molecule has 0 aliphatic rings. The van der Waals surface area contributed by atoms with Crippen molar-refractivity contribution in [1.82, 2.24) is 0 Å². The predicted molar refractivity (Wildman–Crippen MR) is 102 cm³/mol. The molecule has 0 atom stereocenters. The van der Waals surface area contributed by atoms with Crippen LogP contribution in [0.2, 0.25) is 0 Å². The molecule has 0 aliphatic carbocycles. The summed E-state index contributed by atoms with van der Waals surface area (Å²) in [5.74, 6) is 1.88. The first kappa shape index (κ1) is 17.5. The predicted octanol–water partition coefficient (Wildman–Crippen LogP) is 5.13. The van der Waals surface area contributed by atoms with E-state index in [-0.39, 0.29) is 13.2 Å². The number of benzene rings is 3. The first-order chi connectivity index (χ1) is 12.6. The molecule has 0 heterocycles. The first-order valence-corrected chi connectivity index (χ1v) is 8.34. The van der Waals surface area contributed by atoms with Crippen LogP contribution in [0.5, 0.6) is 17.2 Å². The number of hydrogen-bond donors (Lipinski definition) is 0. The minimum atomic E-state index is -0.408. The van der Waals surface area contributed by atoms with Gasteiger partial charge in [0, 0.05) is 11.0 Å². The molecular weight excluding hydrogens is 328 g/mol. The van der Waals surface area contributed by atoms with Crippen molar-refractivity contribution in [2.75, 3.05) is 13.2 Å². The summed E-state index contributed by atoms with van der Waals surface area (Å²) in [5.41, 5.74) is 0.376. The number of fused-ring (bicyclic) bond motifs is 1. The van der Waals surface area contributed by atoms with Gasteiger partial charge in [-0.15, -0.1) is 0 Å². The summed E-state index contributed by atoms with van der Waals surface area (Å²) in [6, 6.07) is 21.3. The van der Waals surface area contributed by atoms with Crippen molar-refractivity contribution in [3.63, 3.8) is 0 Å². The molecule has 0 fully saturated rings. The molecule has 0 unspecified atom stereocenters. The van der Waals surface area contributed by atoms with Crippen LogP contribution in [0.1, 0.15) is 6.92 Å². The quantitative estimate of drug-likeness (QED) is 0.337. The number of rotatable bonds is 7. The highest BCUT2D eigenvalue weighted by Crippen LogP contribution is 2.30. The summed E-state index contributed by atoms with van der Waals surface area (Å²) in [7, 11) is 0. The van der Waals surface area contributed by atoms with Gasteiger partial charge in [-0.1, -0.05) is 36.9 Å². The third-order valence-electron chi connectivity index (χ3n) is 3.71. The molecule has 0 aromatic heterocycles. The lowest BCUT2D eigenvalue weighted by molar-refractivity contribution is -0.139. The zero-order chi connectivity index (χ0) is 18.4. The van der Waals surface area contributed by atoms with Gasteiger partial charge in [0.25, 0.3) is 0 Å². The minimum absolute atomic E-state index is 0.178. The van der Waals surface area contributed by atoms with Crippen LogP contribution in [0.15, 0.2) is 78.9 Å². The van der Waals surface area contributed by atoms with Crippen molar-refractivity contribution in [3.8, 4) is 17.2 Å². The molecule has 26 heavy (non-hydrogen) atoms. The molecule has 0 bridgehead atoms. The molecule has 3 aromatic carbocycles. The maximum Gasteiger partial charge on any atom is 0.333 e. The summed E-state index contributed by atoms with van der Waals surface area (Å²) in [5, 5.41) is 1.98. The van der Waals surface area contributed by atoms with Crippen molar-refractivity contribution >= 4 is 16.7 Å². The van der Waals surface area contributed by atoms with E-state index in [1.54, 1.807) is 6.92 Å². The Bertz CT molecular complexity index is 916. The van der Waals surface area contributed by atoms with Gasteiger partial charge in [-0.05, 0) is 48.7 Å². The van der Waals surface area contributed by atoms with Crippen molar-refractivity contribution in [3.05, 3.63) is 78.9 Å². The van der Waals surface area contributed by atoms with Gasteiger partial charge in [-0.25, -0.2) is 4.79 Å². The third kappa shape index (κ3) is 4.42. The van der Waals surface area contributed by atoms with E-state index in [2.05, 4.69) is 6.58 Å². The number of esters is 1. The molecule has 0 aliphatic heterocycles. The van der Waals surface area contributed by atoms with E-state index in [4.69, 9.17) is 14.2 Å². The van der Waals surface area contributed by atoms with E-state index in [9.17, 15) is 4.79 Å². The summed E-state index contributed by atoms with van der Waals surface area (Å²) in [6.45, 7) is 5.61. The number of hydrogen-bond acceptors (Lipinski definition) is 4. The fourth-order valence-electron chi connectivity index (χ4n) is 2.46. The van der Waals surface area contributed by atoms with Gasteiger partial charge < -0.3 is 14.2 Å². The first-order valence-electron chi connectivity index (χ1n) is 8.34. The molecule has 0 saturated heterocycles. The Balaban J connectivity index is 1.68. The van der Waals surface area contributed by atoms with E-state index < -0.39 is 5.97 Å². The molecule has 4 heteroatoms. The van der Waals surface area contributed by atoms with Crippen LogP contribution < -0.4 is 9.47 Å². The van der Waals surface area contributed by atoms with Crippen molar-refractivity contribution < 1.29 is 19.0 Å². The molecule has 0 saturated carbocycles. The maximum atomic E-state index is 11.4. The van der Waals surface area contributed by atoms with E-state index in [0.29, 0.717) is 5.57 Å². The maximum absolute atomic E-state index is 11.4. The van der Waals surface area contributed by atoms with Gasteiger partial charge in [0.05, 0.1) is 0 Å². The van der Waals surface area contributed by atoms with Crippen LogP contribution in [0.3, 0.4) is 0 Å². The van der Waals surface area contributed by atoms with Gasteiger partial charge in [0.1, 0.15) is 30.5 Å². The number of ether oxygens (including phenoxy) is 3. The minimum Gasteiger partial charge on any atom is -0.489 e. The molecule has 132 valence electrons. The lowest BCUT2D eigenvalue weighted by Crippen LogP contribution is -2.12. The second-order valence-corrected chi connectivity index (χ2v) is 5.82. The van der Waals surface area contributed by atoms with E-state index >= 15 is 0 Å². The lowest BCUT2D eigenvalue weighted by Gasteiger charge is -2.11. The van der Waals surface area contributed by atoms with Crippen molar-refractivity contribution in [2.24, 2.45) is 0 Å². The third-order valence-corrected chi connectivity index (χ3v) is 3.71. The van der Waals surface area contributed by atoms with E-state index in [1.165, 1.54) is 0 Å².